The molecule has 0 saturated heterocycles. The molecule has 0 aliphatic heterocycles. The second-order valence-corrected chi connectivity index (χ2v) is 5.36. The number of rotatable bonds is 9. The fraction of sp³-hybridized carbons (Fsp3) is 0.647. The maximum atomic E-state index is 9.96. The average molecular weight is 295 g/mol. The van der Waals surface area contributed by atoms with Gasteiger partial charge in [0.2, 0.25) is 5.75 Å². The molecular weight excluding hydrogens is 266 g/mol. The standard InChI is InChI=1S/C17H29NO3/c1-6-13(7-2)11-18(8-3)12-14-9-15(20-4)17(19)16(10-14)21-5/h9-10,13,19H,6-8,11-12H2,1-5H3. The van der Waals surface area contributed by atoms with Crippen LogP contribution in [0.4, 0.5) is 0 Å². The molecule has 4 nitrogen and oxygen atoms in total. The van der Waals surface area contributed by atoms with Gasteiger partial charge < -0.3 is 14.6 Å². The van der Waals surface area contributed by atoms with Crippen molar-refractivity contribution in [2.24, 2.45) is 5.92 Å². The third-order valence-electron chi connectivity index (χ3n) is 4.06. The van der Waals surface area contributed by atoms with Crippen molar-refractivity contribution in [1.29, 1.82) is 0 Å². The zero-order chi connectivity index (χ0) is 15.8. The van der Waals surface area contributed by atoms with Crippen molar-refractivity contribution < 1.29 is 14.6 Å². The fourth-order valence-corrected chi connectivity index (χ4v) is 2.51. The molecule has 0 aromatic heterocycles. The maximum absolute atomic E-state index is 9.96. The van der Waals surface area contributed by atoms with Crippen LogP contribution < -0.4 is 9.47 Å². The molecule has 0 spiro atoms. The molecule has 0 bridgehead atoms. The number of benzene rings is 1. The molecule has 21 heavy (non-hydrogen) atoms. The average Bonchev–Trinajstić information content (AvgIpc) is 2.52. The summed E-state index contributed by atoms with van der Waals surface area (Å²) in [6, 6.07) is 3.76. The van der Waals surface area contributed by atoms with E-state index in [0.717, 1.165) is 31.1 Å². The minimum Gasteiger partial charge on any atom is -0.502 e. The number of aromatic hydroxyl groups is 1. The van der Waals surface area contributed by atoms with E-state index in [1.807, 2.05) is 12.1 Å². The van der Waals surface area contributed by atoms with Gasteiger partial charge in [0, 0.05) is 13.1 Å². The molecule has 4 heteroatoms. The molecule has 0 amide bonds. The van der Waals surface area contributed by atoms with Crippen molar-refractivity contribution in [3.05, 3.63) is 17.7 Å². The summed E-state index contributed by atoms with van der Waals surface area (Å²) in [6.45, 7) is 9.59. The molecule has 0 heterocycles. The van der Waals surface area contributed by atoms with E-state index >= 15 is 0 Å². The summed E-state index contributed by atoms with van der Waals surface area (Å²) in [4.78, 5) is 2.42. The van der Waals surface area contributed by atoms with E-state index < -0.39 is 0 Å². The van der Waals surface area contributed by atoms with E-state index in [0.29, 0.717) is 11.5 Å². The second kappa shape index (κ2) is 8.78. The minimum absolute atomic E-state index is 0.0618. The van der Waals surface area contributed by atoms with Crippen molar-refractivity contribution >= 4 is 0 Å². The van der Waals surface area contributed by atoms with Gasteiger partial charge in [0.1, 0.15) is 0 Å². The molecule has 0 aliphatic carbocycles. The first-order chi connectivity index (χ1) is 10.1. The van der Waals surface area contributed by atoms with Crippen molar-refractivity contribution in [1.82, 2.24) is 4.90 Å². The Kier molecular flexibility index (Phi) is 7.37. The maximum Gasteiger partial charge on any atom is 0.200 e. The quantitative estimate of drug-likeness (QED) is 0.755. The molecule has 0 saturated carbocycles. The van der Waals surface area contributed by atoms with Crippen LogP contribution >= 0.6 is 0 Å². The van der Waals surface area contributed by atoms with Gasteiger partial charge in [-0.25, -0.2) is 0 Å². The van der Waals surface area contributed by atoms with Crippen LogP contribution in [0.15, 0.2) is 12.1 Å². The van der Waals surface area contributed by atoms with Gasteiger partial charge in [-0.15, -0.1) is 0 Å². The third-order valence-corrected chi connectivity index (χ3v) is 4.06. The lowest BCUT2D eigenvalue weighted by atomic mass is 10.0. The van der Waals surface area contributed by atoms with Gasteiger partial charge in [0.05, 0.1) is 14.2 Å². The molecule has 0 unspecified atom stereocenters. The number of hydrogen-bond acceptors (Lipinski definition) is 4. The molecule has 1 rings (SSSR count). The van der Waals surface area contributed by atoms with E-state index in [2.05, 4.69) is 25.7 Å². The molecule has 0 aliphatic rings. The van der Waals surface area contributed by atoms with Gasteiger partial charge >= 0.3 is 0 Å². The normalized spacial score (nSPS) is 11.2. The van der Waals surface area contributed by atoms with Crippen LogP contribution in [0.1, 0.15) is 39.2 Å². The van der Waals surface area contributed by atoms with Crippen molar-refractivity contribution in [2.75, 3.05) is 27.3 Å². The lowest BCUT2D eigenvalue weighted by molar-refractivity contribution is 0.225. The molecule has 1 aromatic rings. The van der Waals surface area contributed by atoms with Gasteiger partial charge in [-0.05, 0) is 30.2 Å². The van der Waals surface area contributed by atoms with Gasteiger partial charge in [-0.3, -0.25) is 4.90 Å². The zero-order valence-electron chi connectivity index (χ0n) is 14.0. The SMILES string of the molecule is CCC(CC)CN(CC)Cc1cc(OC)c(O)c(OC)c1. The Morgan fingerprint density at radius 3 is 1.95 bits per heavy atom. The first kappa shape index (κ1) is 17.6. The van der Waals surface area contributed by atoms with Crippen LogP contribution in [0.3, 0.4) is 0 Å². The summed E-state index contributed by atoms with van der Waals surface area (Å²) in [5, 5.41) is 9.96. The Labute approximate surface area is 128 Å². The van der Waals surface area contributed by atoms with Crippen LogP contribution in [-0.4, -0.2) is 37.3 Å². The monoisotopic (exact) mass is 295 g/mol. The van der Waals surface area contributed by atoms with Crippen LogP contribution in [0, 0.1) is 5.92 Å². The summed E-state index contributed by atoms with van der Waals surface area (Å²) in [6.07, 6.45) is 2.41. The predicted octanol–water partition coefficient (Wildman–Crippen LogP) is 3.67. The highest BCUT2D eigenvalue weighted by Crippen LogP contribution is 2.37. The first-order valence-electron chi connectivity index (χ1n) is 7.75. The van der Waals surface area contributed by atoms with Crippen LogP contribution in [0.2, 0.25) is 0 Å². The van der Waals surface area contributed by atoms with Crippen LogP contribution in [0.25, 0.3) is 0 Å². The number of nitrogens with zero attached hydrogens (tertiary/aromatic N) is 1. The summed E-state index contributed by atoms with van der Waals surface area (Å²) >= 11 is 0. The van der Waals surface area contributed by atoms with E-state index in [9.17, 15) is 5.11 Å². The summed E-state index contributed by atoms with van der Waals surface area (Å²) < 4.78 is 10.4. The highest BCUT2D eigenvalue weighted by Gasteiger charge is 2.15. The van der Waals surface area contributed by atoms with Crippen LogP contribution in [-0.2, 0) is 6.54 Å². The smallest absolute Gasteiger partial charge is 0.200 e. The predicted molar refractivity (Wildman–Crippen MR) is 86.2 cm³/mol. The van der Waals surface area contributed by atoms with E-state index in [1.165, 1.54) is 12.8 Å². The summed E-state index contributed by atoms with van der Waals surface area (Å²) in [5.74, 6) is 1.71. The Morgan fingerprint density at radius 2 is 1.57 bits per heavy atom. The van der Waals surface area contributed by atoms with Gasteiger partial charge in [0.25, 0.3) is 0 Å². The van der Waals surface area contributed by atoms with Crippen LogP contribution in [0.5, 0.6) is 17.2 Å². The Bertz CT molecular complexity index is 405. The van der Waals surface area contributed by atoms with E-state index in [-0.39, 0.29) is 5.75 Å². The lowest BCUT2D eigenvalue weighted by Gasteiger charge is -2.25. The summed E-state index contributed by atoms with van der Waals surface area (Å²) in [5.41, 5.74) is 1.09. The van der Waals surface area contributed by atoms with Gasteiger partial charge in [-0.1, -0.05) is 33.6 Å². The second-order valence-electron chi connectivity index (χ2n) is 5.36. The number of ether oxygens (including phenoxy) is 2. The van der Waals surface area contributed by atoms with Crippen molar-refractivity contribution in [2.45, 2.75) is 40.2 Å². The van der Waals surface area contributed by atoms with Gasteiger partial charge in [-0.2, -0.15) is 0 Å². The number of phenols is 1. The largest absolute Gasteiger partial charge is 0.502 e. The Hall–Kier alpha value is -1.42. The molecule has 1 aromatic carbocycles. The lowest BCUT2D eigenvalue weighted by Crippen LogP contribution is -2.28. The minimum atomic E-state index is 0.0618. The number of phenolic OH excluding ortho intramolecular Hbond substituents is 1. The molecule has 0 atom stereocenters. The zero-order valence-corrected chi connectivity index (χ0v) is 14.0. The molecular formula is C17H29NO3. The number of hydrogen-bond donors (Lipinski definition) is 1. The highest BCUT2D eigenvalue weighted by molar-refractivity contribution is 5.52. The molecule has 1 N–H and O–H groups in total. The third kappa shape index (κ3) is 4.81. The van der Waals surface area contributed by atoms with Crippen molar-refractivity contribution in [3.63, 3.8) is 0 Å². The molecule has 0 radical (unpaired) electrons. The fourth-order valence-electron chi connectivity index (χ4n) is 2.51. The first-order valence-corrected chi connectivity index (χ1v) is 7.75. The van der Waals surface area contributed by atoms with E-state index in [1.54, 1.807) is 14.2 Å². The Balaban J connectivity index is 2.89. The highest BCUT2D eigenvalue weighted by atomic mass is 16.5. The van der Waals surface area contributed by atoms with Gasteiger partial charge in [0.15, 0.2) is 11.5 Å². The van der Waals surface area contributed by atoms with E-state index in [4.69, 9.17) is 9.47 Å². The topological polar surface area (TPSA) is 41.9 Å². The Morgan fingerprint density at radius 1 is 1.05 bits per heavy atom. The number of methoxy groups -OCH3 is 2. The summed E-state index contributed by atoms with van der Waals surface area (Å²) in [7, 11) is 3.11. The van der Waals surface area contributed by atoms with Crippen molar-refractivity contribution in [3.8, 4) is 17.2 Å². The molecule has 0 fully saturated rings. The molecule has 120 valence electrons.